The number of allylic oxidation sites excluding steroid dienone is 1. The first-order chi connectivity index (χ1) is 20.5. The van der Waals surface area contributed by atoms with Gasteiger partial charge in [0, 0.05) is 17.1 Å². The van der Waals surface area contributed by atoms with E-state index in [0.717, 1.165) is 28.2 Å². The summed E-state index contributed by atoms with van der Waals surface area (Å²) in [5.74, 6) is -0.514. The summed E-state index contributed by atoms with van der Waals surface area (Å²) in [6.45, 7) is 12.0. The molecule has 43 heavy (non-hydrogen) atoms. The van der Waals surface area contributed by atoms with E-state index in [1.54, 1.807) is 30.5 Å². The molecule has 2 aromatic carbocycles. The van der Waals surface area contributed by atoms with E-state index in [1.807, 2.05) is 62.4 Å². The Bertz CT molecular complexity index is 1920. The van der Waals surface area contributed by atoms with Crippen molar-refractivity contribution >= 4 is 29.4 Å². The highest BCUT2D eigenvalue weighted by molar-refractivity contribution is 7.07. The number of carbonyl (C=O) groups excluding carboxylic acids is 2. The van der Waals surface area contributed by atoms with Gasteiger partial charge in [-0.3, -0.25) is 9.36 Å². The maximum atomic E-state index is 14.1. The van der Waals surface area contributed by atoms with Crippen LogP contribution in [0.25, 0.3) is 11.8 Å². The van der Waals surface area contributed by atoms with Crippen molar-refractivity contribution in [1.29, 1.82) is 0 Å². The summed E-state index contributed by atoms with van der Waals surface area (Å²) < 4.78 is 14.4. The van der Waals surface area contributed by atoms with Gasteiger partial charge in [-0.1, -0.05) is 49.4 Å². The maximum absolute atomic E-state index is 14.1. The van der Waals surface area contributed by atoms with E-state index in [0.29, 0.717) is 32.1 Å². The number of aromatic nitrogens is 2. The van der Waals surface area contributed by atoms with E-state index in [9.17, 15) is 14.4 Å². The Morgan fingerprint density at radius 3 is 2.30 bits per heavy atom. The third-order valence-electron chi connectivity index (χ3n) is 7.74. The number of benzene rings is 2. The Labute approximate surface area is 254 Å². The smallest absolute Gasteiger partial charge is 0.338 e. The Morgan fingerprint density at radius 2 is 1.70 bits per heavy atom. The number of aryl methyl sites for hydroxylation is 1. The van der Waals surface area contributed by atoms with E-state index in [4.69, 9.17) is 14.5 Å². The summed E-state index contributed by atoms with van der Waals surface area (Å²) in [5.41, 5.74) is 6.85. The minimum absolute atomic E-state index is 0.219. The predicted octanol–water partition coefficient (Wildman–Crippen LogP) is 5.12. The van der Waals surface area contributed by atoms with Gasteiger partial charge in [-0.25, -0.2) is 14.6 Å². The predicted molar refractivity (Wildman–Crippen MR) is 168 cm³/mol. The first kappa shape index (κ1) is 30.0. The minimum Gasteiger partial charge on any atom is -0.465 e. The molecule has 0 N–H and O–H groups in total. The number of carbonyl (C=O) groups is 2. The second-order valence-electron chi connectivity index (χ2n) is 10.8. The third-order valence-corrected chi connectivity index (χ3v) is 8.72. The molecule has 1 atom stereocenters. The molecule has 5 rings (SSSR count). The van der Waals surface area contributed by atoms with Crippen LogP contribution in [0, 0.1) is 13.8 Å². The van der Waals surface area contributed by atoms with Gasteiger partial charge in [-0.05, 0) is 86.7 Å². The SMILES string of the molecule is CCOC(=O)C1=C(C)N=c2s/c(=C/c3cc(C)n(-c4ccc(C(=O)OC)cc4)c3C)c(=O)n2[C@@H]1c1ccc(C(C)C)cc1. The minimum atomic E-state index is -0.653. The highest BCUT2D eigenvalue weighted by atomic mass is 32.1. The lowest BCUT2D eigenvalue weighted by Gasteiger charge is -2.25. The summed E-state index contributed by atoms with van der Waals surface area (Å²) in [4.78, 5) is 44.4. The average Bonchev–Trinajstić information content (AvgIpc) is 3.45. The van der Waals surface area contributed by atoms with Crippen molar-refractivity contribution in [1.82, 2.24) is 9.13 Å². The van der Waals surface area contributed by atoms with Crippen molar-refractivity contribution < 1.29 is 19.1 Å². The van der Waals surface area contributed by atoms with Crippen LogP contribution in [0.5, 0.6) is 0 Å². The van der Waals surface area contributed by atoms with Crippen LogP contribution in [0.15, 0.2) is 75.7 Å². The summed E-state index contributed by atoms with van der Waals surface area (Å²) in [6, 6.07) is 16.6. The number of esters is 2. The molecule has 222 valence electrons. The number of rotatable bonds is 7. The van der Waals surface area contributed by atoms with Gasteiger partial charge in [0.2, 0.25) is 0 Å². The van der Waals surface area contributed by atoms with Crippen molar-refractivity contribution in [3.05, 3.63) is 119 Å². The zero-order valence-electron chi connectivity index (χ0n) is 25.4. The topological polar surface area (TPSA) is 91.9 Å². The van der Waals surface area contributed by atoms with E-state index < -0.39 is 12.0 Å². The molecule has 1 aliphatic rings. The Morgan fingerprint density at radius 1 is 1.02 bits per heavy atom. The number of fused-ring (bicyclic) bond motifs is 1. The lowest BCUT2D eigenvalue weighted by atomic mass is 9.93. The molecule has 0 unspecified atom stereocenters. The molecule has 0 aliphatic carbocycles. The first-order valence-electron chi connectivity index (χ1n) is 14.2. The number of thiazole rings is 1. The Kier molecular flexibility index (Phi) is 8.37. The first-order valence-corrected chi connectivity index (χ1v) is 15.0. The average molecular weight is 598 g/mol. The lowest BCUT2D eigenvalue weighted by Crippen LogP contribution is -2.39. The van der Waals surface area contributed by atoms with Gasteiger partial charge >= 0.3 is 11.9 Å². The molecule has 4 aromatic rings. The summed E-state index contributed by atoms with van der Waals surface area (Å²) in [5, 5.41) is 0. The van der Waals surface area contributed by atoms with Crippen LogP contribution in [0.4, 0.5) is 0 Å². The van der Waals surface area contributed by atoms with Gasteiger partial charge in [0.1, 0.15) is 0 Å². The van der Waals surface area contributed by atoms with E-state index in [-0.39, 0.29) is 18.1 Å². The van der Waals surface area contributed by atoms with Crippen molar-refractivity contribution in [2.24, 2.45) is 4.99 Å². The van der Waals surface area contributed by atoms with Gasteiger partial charge in [-0.15, -0.1) is 0 Å². The molecule has 0 radical (unpaired) electrons. The van der Waals surface area contributed by atoms with Crippen LogP contribution >= 0.6 is 11.3 Å². The number of hydrogen-bond acceptors (Lipinski definition) is 7. The van der Waals surface area contributed by atoms with E-state index >= 15 is 0 Å². The van der Waals surface area contributed by atoms with Crippen LogP contribution in [0.1, 0.15) is 78.1 Å². The second kappa shape index (κ2) is 12.0. The monoisotopic (exact) mass is 597 g/mol. The molecule has 0 amide bonds. The van der Waals surface area contributed by atoms with Crippen LogP contribution in [-0.4, -0.2) is 34.8 Å². The fourth-order valence-electron chi connectivity index (χ4n) is 5.51. The number of methoxy groups -OCH3 is 1. The molecule has 0 saturated carbocycles. The molecule has 9 heteroatoms. The molecule has 3 heterocycles. The third kappa shape index (κ3) is 5.52. The van der Waals surface area contributed by atoms with Crippen LogP contribution < -0.4 is 14.9 Å². The summed E-state index contributed by atoms with van der Waals surface area (Å²) in [7, 11) is 1.36. The number of nitrogens with zero attached hydrogens (tertiary/aromatic N) is 3. The summed E-state index contributed by atoms with van der Waals surface area (Å²) >= 11 is 1.30. The van der Waals surface area contributed by atoms with E-state index in [1.165, 1.54) is 24.0 Å². The molecule has 1 aliphatic heterocycles. The maximum Gasteiger partial charge on any atom is 0.338 e. The fraction of sp³-hybridized carbons (Fsp3) is 0.294. The van der Waals surface area contributed by atoms with Crippen molar-refractivity contribution in [3.63, 3.8) is 0 Å². The highest BCUT2D eigenvalue weighted by Gasteiger charge is 2.33. The molecule has 0 spiro atoms. The molecule has 0 saturated heterocycles. The summed E-state index contributed by atoms with van der Waals surface area (Å²) in [6.07, 6.45) is 1.88. The number of ether oxygens (including phenoxy) is 2. The zero-order chi connectivity index (χ0) is 31.0. The standard InChI is InChI=1S/C34H35N3O5S/c1-8-42-33(40)29-21(5)35-34-37(30(29)24-11-9-23(10-12-24)19(2)3)31(38)28(43-34)18-26-17-20(4)36(22(26)6)27-15-13-25(14-16-27)32(39)41-7/h9-19,30H,8H2,1-7H3/b28-18+/t30-/m1/s1. The normalized spacial score (nSPS) is 15.0. The highest BCUT2D eigenvalue weighted by Crippen LogP contribution is 2.31. The molecule has 8 nitrogen and oxygen atoms in total. The van der Waals surface area contributed by atoms with E-state index in [2.05, 4.69) is 18.4 Å². The Hall–Kier alpha value is -4.50. The zero-order valence-corrected chi connectivity index (χ0v) is 26.2. The van der Waals surface area contributed by atoms with Gasteiger partial charge in [0.05, 0.1) is 41.1 Å². The van der Waals surface area contributed by atoms with Crippen LogP contribution in [0.2, 0.25) is 0 Å². The quantitative estimate of drug-likeness (QED) is 0.276. The van der Waals surface area contributed by atoms with Crippen LogP contribution in [0.3, 0.4) is 0 Å². The van der Waals surface area contributed by atoms with Crippen molar-refractivity contribution in [3.8, 4) is 5.69 Å². The van der Waals surface area contributed by atoms with Crippen molar-refractivity contribution in [2.45, 2.75) is 53.5 Å². The Balaban J connectivity index is 1.63. The largest absolute Gasteiger partial charge is 0.465 e. The molecule has 2 aromatic heterocycles. The van der Waals surface area contributed by atoms with Crippen LogP contribution in [-0.2, 0) is 14.3 Å². The number of hydrogen-bond donors (Lipinski definition) is 0. The molecule has 0 fully saturated rings. The van der Waals surface area contributed by atoms with Gasteiger partial charge in [-0.2, -0.15) is 0 Å². The molecular weight excluding hydrogens is 562 g/mol. The molecule has 0 bridgehead atoms. The van der Waals surface area contributed by atoms with Gasteiger partial charge in [0.15, 0.2) is 4.80 Å². The van der Waals surface area contributed by atoms with Crippen molar-refractivity contribution in [2.75, 3.05) is 13.7 Å². The molecular formula is C34H35N3O5S. The lowest BCUT2D eigenvalue weighted by molar-refractivity contribution is -0.139. The van der Waals surface area contributed by atoms with Gasteiger partial charge < -0.3 is 14.0 Å². The fourth-order valence-corrected chi connectivity index (χ4v) is 6.54. The van der Waals surface area contributed by atoms with Gasteiger partial charge in [0.25, 0.3) is 5.56 Å². The second-order valence-corrected chi connectivity index (χ2v) is 11.8.